The maximum absolute atomic E-state index is 13.0. The lowest BCUT2D eigenvalue weighted by molar-refractivity contribution is -0.384. The van der Waals surface area contributed by atoms with Crippen LogP contribution in [0.2, 0.25) is 0 Å². The number of sulfonamides is 1. The Labute approximate surface area is 192 Å². The zero-order chi connectivity index (χ0) is 21.6. The van der Waals surface area contributed by atoms with Gasteiger partial charge in [0.05, 0.1) is 16.2 Å². The second-order valence-corrected chi connectivity index (χ2v) is 9.84. The quantitative estimate of drug-likeness (QED) is 0.390. The molecule has 166 valence electrons. The number of benzene rings is 1. The van der Waals surface area contributed by atoms with E-state index in [1.54, 1.807) is 0 Å². The van der Waals surface area contributed by atoms with Crippen LogP contribution < -0.4 is 0 Å². The van der Waals surface area contributed by atoms with Gasteiger partial charge in [0, 0.05) is 59.9 Å². The highest BCUT2D eigenvalue weighted by Gasteiger charge is 2.29. The number of nitrogens with one attached hydrogen (secondary N) is 1. The van der Waals surface area contributed by atoms with Gasteiger partial charge in [-0.15, -0.1) is 12.4 Å². The van der Waals surface area contributed by atoms with Crippen molar-refractivity contribution >= 4 is 55.0 Å². The Morgan fingerprint density at radius 1 is 1.23 bits per heavy atom. The maximum Gasteiger partial charge on any atom is 0.270 e. The van der Waals surface area contributed by atoms with Crippen LogP contribution in [-0.2, 0) is 10.0 Å². The number of non-ortho nitro benzene ring substituents is 1. The van der Waals surface area contributed by atoms with Crippen molar-refractivity contribution in [2.24, 2.45) is 0 Å². The minimum Gasteiger partial charge on any atom is -0.494 e. The fourth-order valence-corrected chi connectivity index (χ4v) is 5.54. The summed E-state index contributed by atoms with van der Waals surface area (Å²) in [4.78, 5) is 19.7. The summed E-state index contributed by atoms with van der Waals surface area (Å²) in [6.07, 6.45) is 1.24. The van der Waals surface area contributed by atoms with Crippen LogP contribution in [-0.4, -0.2) is 70.8 Å². The molecule has 1 aromatic carbocycles. The fourth-order valence-electron chi connectivity index (χ4n) is 3.44. The van der Waals surface area contributed by atoms with Crippen LogP contribution in [0, 0.1) is 10.1 Å². The van der Waals surface area contributed by atoms with Gasteiger partial charge in [-0.1, -0.05) is 0 Å². The lowest BCUT2D eigenvalue weighted by atomic mass is 10.1. The summed E-state index contributed by atoms with van der Waals surface area (Å²) in [7, 11) is -1.77. The number of nitrogens with zero attached hydrogens (tertiary/aromatic N) is 4. The molecule has 1 aliphatic rings. The van der Waals surface area contributed by atoms with Gasteiger partial charge < -0.3 is 15.0 Å². The Morgan fingerprint density at radius 2 is 1.90 bits per heavy atom. The summed E-state index contributed by atoms with van der Waals surface area (Å²) < 4.78 is 27.7. The highest BCUT2D eigenvalue weighted by molar-refractivity contribution is 9.10. The van der Waals surface area contributed by atoms with E-state index in [0.29, 0.717) is 41.6 Å². The van der Waals surface area contributed by atoms with E-state index in [2.05, 4.69) is 30.8 Å². The highest BCUT2D eigenvalue weighted by Crippen LogP contribution is 2.40. The van der Waals surface area contributed by atoms with Crippen LogP contribution in [0.3, 0.4) is 0 Å². The summed E-state index contributed by atoms with van der Waals surface area (Å²) in [5, 5.41) is 21.9. The Hall–Kier alpha value is -2.25. The molecule has 1 aliphatic heterocycles. The second kappa shape index (κ2) is 8.71. The molecule has 0 radical (unpaired) electrons. The zero-order valence-corrected chi connectivity index (χ0v) is 19.5. The normalized spacial score (nSPS) is 15.7. The molecule has 13 heteroatoms. The van der Waals surface area contributed by atoms with E-state index in [0.717, 1.165) is 0 Å². The van der Waals surface area contributed by atoms with Crippen LogP contribution in [0.4, 0.5) is 5.69 Å². The monoisotopic (exact) mass is 531 g/mol. The topological polar surface area (TPSA) is 133 Å². The van der Waals surface area contributed by atoms with Gasteiger partial charge in [-0.05, 0) is 35.1 Å². The molecule has 0 spiro atoms. The molecule has 3 aromatic rings. The molecule has 0 unspecified atom stereocenters. The molecule has 1 fully saturated rings. The predicted octanol–water partition coefficient (Wildman–Crippen LogP) is 2.96. The second-order valence-electron chi connectivity index (χ2n) is 7.04. The smallest absolute Gasteiger partial charge is 0.270 e. The molecule has 31 heavy (non-hydrogen) atoms. The molecule has 0 bridgehead atoms. The minimum atomic E-state index is -3.71. The van der Waals surface area contributed by atoms with E-state index in [1.165, 1.54) is 34.8 Å². The van der Waals surface area contributed by atoms with E-state index in [-0.39, 0.29) is 40.1 Å². The number of fused-ring (bicyclic) bond motifs is 1. The first-order valence-corrected chi connectivity index (χ1v) is 11.3. The van der Waals surface area contributed by atoms with Crippen molar-refractivity contribution in [1.29, 1.82) is 0 Å². The number of H-pyrrole nitrogens is 1. The van der Waals surface area contributed by atoms with Gasteiger partial charge >= 0.3 is 0 Å². The molecule has 10 nitrogen and oxygen atoms in total. The first-order chi connectivity index (χ1) is 14.2. The van der Waals surface area contributed by atoms with Crippen LogP contribution in [0.5, 0.6) is 5.88 Å². The summed E-state index contributed by atoms with van der Waals surface area (Å²) in [5.74, 6) is -0.214. The van der Waals surface area contributed by atoms with E-state index in [1.807, 2.05) is 7.05 Å². The van der Waals surface area contributed by atoms with Crippen molar-refractivity contribution < 1.29 is 18.4 Å². The molecule has 0 atom stereocenters. The van der Waals surface area contributed by atoms with Crippen molar-refractivity contribution in [2.45, 2.75) is 4.90 Å². The number of aromatic amines is 1. The van der Waals surface area contributed by atoms with Crippen molar-refractivity contribution in [2.75, 3.05) is 33.2 Å². The lowest BCUT2D eigenvalue weighted by Gasteiger charge is -2.31. The molecule has 0 saturated carbocycles. The Morgan fingerprint density at radius 3 is 2.52 bits per heavy atom. The summed E-state index contributed by atoms with van der Waals surface area (Å²) in [6, 6.07) is 5.60. The van der Waals surface area contributed by atoms with Gasteiger partial charge in [-0.2, -0.15) is 4.31 Å². The van der Waals surface area contributed by atoms with Gasteiger partial charge in [0.1, 0.15) is 4.90 Å². The molecular formula is C18H19BrClN5O5S. The van der Waals surface area contributed by atoms with Crippen molar-refractivity contribution in [3.05, 3.63) is 45.0 Å². The number of piperazine rings is 1. The van der Waals surface area contributed by atoms with Gasteiger partial charge in [0.25, 0.3) is 5.69 Å². The average Bonchev–Trinajstić information content (AvgIpc) is 3.03. The van der Waals surface area contributed by atoms with Gasteiger partial charge in [-0.25, -0.2) is 8.42 Å². The lowest BCUT2D eigenvalue weighted by Crippen LogP contribution is -2.47. The number of halogens is 2. The molecule has 3 heterocycles. The highest BCUT2D eigenvalue weighted by atomic mass is 79.9. The third kappa shape index (κ3) is 4.26. The molecule has 2 aromatic heterocycles. The number of aromatic hydroxyl groups is 1. The largest absolute Gasteiger partial charge is 0.494 e. The molecule has 1 saturated heterocycles. The van der Waals surface area contributed by atoms with Crippen LogP contribution in [0.15, 0.2) is 39.8 Å². The van der Waals surface area contributed by atoms with Gasteiger partial charge in [0.15, 0.2) is 5.88 Å². The number of likely N-dealkylation sites (N-methyl/N-ethyl adjacent to an activating group) is 1. The standard InChI is InChI=1S/C18H18BrN5O5S.ClH/c1-22-4-6-23(7-5-22)30(28,29)12-9-14(19)17(20-10-12)16-13-8-11(24(26)27)2-3-15(13)21-18(16)25;/h2-3,8-10,21,25H,4-7H2,1H3;1H. The zero-order valence-electron chi connectivity index (χ0n) is 16.3. The van der Waals surface area contributed by atoms with E-state index >= 15 is 0 Å². The molecule has 0 aliphatic carbocycles. The van der Waals surface area contributed by atoms with Crippen molar-refractivity contribution in [3.8, 4) is 17.1 Å². The Balaban J connectivity index is 0.00000272. The minimum absolute atomic E-state index is 0. The Kier molecular flexibility index (Phi) is 6.58. The molecular weight excluding hydrogens is 514 g/mol. The summed E-state index contributed by atoms with van der Waals surface area (Å²) in [5.41, 5.74) is 0.893. The van der Waals surface area contributed by atoms with Crippen LogP contribution in [0.25, 0.3) is 22.2 Å². The summed E-state index contributed by atoms with van der Waals surface area (Å²) >= 11 is 3.35. The number of hydrogen-bond donors (Lipinski definition) is 2. The summed E-state index contributed by atoms with van der Waals surface area (Å²) in [6.45, 7) is 2.08. The van der Waals surface area contributed by atoms with Crippen LogP contribution >= 0.6 is 28.3 Å². The van der Waals surface area contributed by atoms with Crippen molar-refractivity contribution in [1.82, 2.24) is 19.2 Å². The van der Waals surface area contributed by atoms with Crippen LogP contribution in [0.1, 0.15) is 0 Å². The average molecular weight is 533 g/mol. The third-order valence-electron chi connectivity index (χ3n) is 5.13. The number of rotatable bonds is 4. The fraction of sp³-hybridized carbons (Fsp3) is 0.278. The van der Waals surface area contributed by atoms with E-state index in [9.17, 15) is 23.6 Å². The van der Waals surface area contributed by atoms with Crippen molar-refractivity contribution in [3.63, 3.8) is 0 Å². The first-order valence-electron chi connectivity index (χ1n) is 9.02. The number of nitro benzene ring substituents is 1. The number of nitro groups is 1. The maximum atomic E-state index is 13.0. The molecule has 4 rings (SSSR count). The van der Waals surface area contributed by atoms with Gasteiger partial charge in [-0.3, -0.25) is 15.1 Å². The number of pyridine rings is 1. The Bertz CT molecular complexity index is 1260. The molecule has 0 amide bonds. The number of aromatic nitrogens is 2. The predicted molar refractivity (Wildman–Crippen MR) is 121 cm³/mol. The molecule has 2 N–H and O–H groups in total. The van der Waals surface area contributed by atoms with E-state index in [4.69, 9.17) is 0 Å². The first kappa shape index (κ1) is 23.4. The van der Waals surface area contributed by atoms with E-state index < -0.39 is 14.9 Å². The number of hydrogen-bond acceptors (Lipinski definition) is 7. The third-order valence-corrected chi connectivity index (χ3v) is 7.59. The van der Waals surface area contributed by atoms with Gasteiger partial charge in [0.2, 0.25) is 10.0 Å². The SMILES string of the molecule is CN1CCN(S(=O)(=O)c2cnc(-c3c(O)[nH]c4ccc([N+](=O)[O-])cc34)c(Br)c2)CC1.Cl.